The van der Waals surface area contributed by atoms with Gasteiger partial charge in [0, 0.05) is 24.6 Å². The van der Waals surface area contributed by atoms with Crippen molar-refractivity contribution < 1.29 is 14.0 Å². The maximum absolute atomic E-state index is 14.3. The largest absolute Gasteiger partial charge is 0.352 e. The number of carbonyl (C=O) groups excluding carboxylic acids is 2. The summed E-state index contributed by atoms with van der Waals surface area (Å²) in [7, 11) is 0. The van der Waals surface area contributed by atoms with Gasteiger partial charge in [0.2, 0.25) is 11.8 Å². The summed E-state index contributed by atoms with van der Waals surface area (Å²) in [5, 5.41) is 3.11. The van der Waals surface area contributed by atoms with Gasteiger partial charge in [-0.25, -0.2) is 4.39 Å². The van der Waals surface area contributed by atoms with Gasteiger partial charge in [-0.3, -0.25) is 9.59 Å². The number of amides is 2. The monoisotopic (exact) mass is 438 g/mol. The SMILES string of the molecule is CCc1ccc(CCC(=O)N(Cc2ccccc2F)C(C)C(=O)NC2CCCCC2)cc1. The molecule has 0 aliphatic heterocycles. The fraction of sp³-hybridized carbons (Fsp3) is 0.481. The predicted molar refractivity (Wildman–Crippen MR) is 126 cm³/mol. The molecule has 172 valence electrons. The van der Waals surface area contributed by atoms with E-state index in [0.29, 0.717) is 12.0 Å². The van der Waals surface area contributed by atoms with Crippen LogP contribution in [0.1, 0.15) is 69.1 Å². The van der Waals surface area contributed by atoms with Crippen LogP contribution in [0.5, 0.6) is 0 Å². The molecule has 3 rings (SSSR count). The molecule has 0 saturated heterocycles. The Morgan fingerprint density at radius 1 is 1.03 bits per heavy atom. The van der Waals surface area contributed by atoms with E-state index in [0.717, 1.165) is 37.7 Å². The molecule has 0 spiro atoms. The van der Waals surface area contributed by atoms with Crippen LogP contribution in [0.15, 0.2) is 48.5 Å². The molecule has 1 aliphatic rings. The normalized spacial score (nSPS) is 15.2. The molecule has 2 aromatic rings. The van der Waals surface area contributed by atoms with Crippen molar-refractivity contribution in [3.05, 3.63) is 71.0 Å². The Balaban J connectivity index is 1.70. The molecule has 1 saturated carbocycles. The molecule has 1 unspecified atom stereocenters. The lowest BCUT2D eigenvalue weighted by molar-refractivity contribution is -0.141. The third kappa shape index (κ3) is 6.65. The van der Waals surface area contributed by atoms with Crippen molar-refractivity contribution >= 4 is 11.8 Å². The van der Waals surface area contributed by atoms with Crippen LogP contribution in [0, 0.1) is 5.82 Å². The highest BCUT2D eigenvalue weighted by atomic mass is 19.1. The molecule has 1 aliphatic carbocycles. The van der Waals surface area contributed by atoms with Crippen LogP contribution in [-0.2, 0) is 29.0 Å². The minimum atomic E-state index is -0.661. The molecular formula is C27H35FN2O2. The van der Waals surface area contributed by atoms with Crippen molar-refractivity contribution in [1.82, 2.24) is 10.2 Å². The highest BCUT2D eigenvalue weighted by Gasteiger charge is 2.28. The zero-order valence-corrected chi connectivity index (χ0v) is 19.3. The number of hydrogen-bond acceptors (Lipinski definition) is 2. The number of benzene rings is 2. The van der Waals surface area contributed by atoms with Gasteiger partial charge in [0.1, 0.15) is 11.9 Å². The molecule has 2 amide bonds. The van der Waals surface area contributed by atoms with Gasteiger partial charge >= 0.3 is 0 Å². The molecule has 4 nitrogen and oxygen atoms in total. The standard InChI is InChI=1S/C27H35FN2O2/c1-3-21-13-15-22(16-14-21)17-18-26(31)30(19-23-9-7-8-12-25(23)28)20(2)27(32)29-24-10-5-4-6-11-24/h7-9,12-16,20,24H,3-6,10-11,17-19H2,1-2H3,(H,29,32). The van der Waals surface area contributed by atoms with E-state index in [2.05, 4.69) is 24.4 Å². The molecule has 0 heterocycles. The van der Waals surface area contributed by atoms with Crippen molar-refractivity contribution in [1.29, 1.82) is 0 Å². The van der Waals surface area contributed by atoms with E-state index in [-0.39, 0.29) is 36.6 Å². The number of aryl methyl sites for hydroxylation is 2. The summed E-state index contributed by atoms with van der Waals surface area (Å²) in [6.45, 7) is 3.94. The van der Waals surface area contributed by atoms with Crippen molar-refractivity contribution in [3.8, 4) is 0 Å². The molecule has 0 bridgehead atoms. The summed E-state index contributed by atoms with van der Waals surface area (Å²) in [4.78, 5) is 27.7. The molecule has 1 atom stereocenters. The van der Waals surface area contributed by atoms with Gasteiger partial charge in [0.15, 0.2) is 0 Å². The lowest BCUT2D eigenvalue weighted by Crippen LogP contribution is -2.50. The zero-order chi connectivity index (χ0) is 22.9. The van der Waals surface area contributed by atoms with Crippen LogP contribution in [-0.4, -0.2) is 28.8 Å². The fourth-order valence-electron chi connectivity index (χ4n) is 4.30. The molecule has 0 radical (unpaired) electrons. The highest BCUT2D eigenvalue weighted by Crippen LogP contribution is 2.19. The minimum Gasteiger partial charge on any atom is -0.352 e. The molecule has 0 aromatic heterocycles. The van der Waals surface area contributed by atoms with Gasteiger partial charge in [-0.05, 0) is 49.8 Å². The Hall–Kier alpha value is -2.69. The first kappa shape index (κ1) is 24.0. The number of hydrogen-bond donors (Lipinski definition) is 1. The lowest BCUT2D eigenvalue weighted by atomic mass is 9.95. The first-order valence-corrected chi connectivity index (χ1v) is 11.9. The number of nitrogens with zero attached hydrogens (tertiary/aromatic N) is 1. The zero-order valence-electron chi connectivity index (χ0n) is 19.3. The Labute approximate surface area is 191 Å². The van der Waals surface area contributed by atoms with Gasteiger partial charge in [0.25, 0.3) is 0 Å². The van der Waals surface area contributed by atoms with Gasteiger partial charge in [-0.15, -0.1) is 0 Å². The molecule has 2 aromatic carbocycles. The first-order valence-electron chi connectivity index (χ1n) is 11.9. The van der Waals surface area contributed by atoms with Crippen LogP contribution >= 0.6 is 0 Å². The van der Waals surface area contributed by atoms with E-state index >= 15 is 0 Å². The quantitative estimate of drug-likeness (QED) is 0.586. The van der Waals surface area contributed by atoms with Crippen LogP contribution < -0.4 is 5.32 Å². The third-order valence-electron chi connectivity index (χ3n) is 6.48. The molecule has 32 heavy (non-hydrogen) atoms. The maximum atomic E-state index is 14.3. The Morgan fingerprint density at radius 3 is 2.34 bits per heavy atom. The van der Waals surface area contributed by atoms with Crippen LogP contribution in [0.3, 0.4) is 0 Å². The number of halogens is 1. The van der Waals surface area contributed by atoms with Crippen LogP contribution in [0.25, 0.3) is 0 Å². The van der Waals surface area contributed by atoms with Crippen LogP contribution in [0.2, 0.25) is 0 Å². The van der Waals surface area contributed by atoms with Gasteiger partial charge in [-0.2, -0.15) is 0 Å². The summed E-state index contributed by atoms with van der Waals surface area (Å²) >= 11 is 0. The summed E-state index contributed by atoms with van der Waals surface area (Å²) in [6, 6.07) is 14.2. The minimum absolute atomic E-state index is 0.0829. The summed E-state index contributed by atoms with van der Waals surface area (Å²) < 4.78 is 14.3. The molecular weight excluding hydrogens is 403 g/mol. The second kappa shape index (κ2) is 11.8. The predicted octanol–water partition coefficient (Wildman–Crippen LogP) is 5.19. The first-order chi connectivity index (χ1) is 15.5. The third-order valence-corrected chi connectivity index (χ3v) is 6.48. The summed E-state index contributed by atoms with van der Waals surface area (Å²) in [6.07, 6.45) is 7.25. The Morgan fingerprint density at radius 2 is 1.69 bits per heavy atom. The van der Waals surface area contributed by atoms with Gasteiger partial charge in [-0.1, -0.05) is 68.7 Å². The fourth-order valence-corrected chi connectivity index (χ4v) is 4.30. The maximum Gasteiger partial charge on any atom is 0.242 e. The van der Waals surface area contributed by atoms with Crippen molar-refractivity contribution in [2.24, 2.45) is 0 Å². The van der Waals surface area contributed by atoms with E-state index in [1.165, 1.54) is 23.0 Å². The highest BCUT2D eigenvalue weighted by molar-refractivity contribution is 5.87. The van der Waals surface area contributed by atoms with Crippen molar-refractivity contribution in [3.63, 3.8) is 0 Å². The Bertz CT molecular complexity index is 891. The van der Waals surface area contributed by atoms with Crippen LogP contribution in [0.4, 0.5) is 4.39 Å². The van der Waals surface area contributed by atoms with Crippen molar-refractivity contribution in [2.75, 3.05) is 0 Å². The summed E-state index contributed by atoms with van der Waals surface area (Å²) in [5.74, 6) is -0.659. The van der Waals surface area contributed by atoms with Gasteiger partial charge < -0.3 is 10.2 Å². The molecule has 5 heteroatoms. The topological polar surface area (TPSA) is 49.4 Å². The van der Waals surface area contributed by atoms with Crippen molar-refractivity contribution in [2.45, 2.75) is 83.8 Å². The Kier molecular flexibility index (Phi) is 8.83. The molecule has 1 N–H and O–H groups in total. The van der Waals surface area contributed by atoms with E-state index in [1.807, 2.05) is 12.1 Å². The summed E-state index contributed by atoms with van der Waals surface area (Å²) in [5.41, 5.74) is 2.76. The molecule has 1 fully saturated rings. The number of rotatable bonds is 9. The number of carbonyl (C=O) groups is 2. The second-order valence-electron chi connectivity index (χ2n) is 8.80. The smallest absolute Gasteiger partial charge is 0.242 e. The van der Waals surface area contributed by atoms with E-state index in [9.17, 15) is 14.0 Å². The average Bonchev–Trinajstić information content (AvgIpc) is 2.82. The van der Waals surface area contributed by atoms with E-state index < -0.39 is 6.04 Å². The van der Waals surface area contributed by atoms with E-state index in [1.54, 1.807) is 25.1 Å². The number of nitrogens with one attached hydrogen (secondary N) is 1. The van der Waals surface area contributed by atoms with E-state index in [4.69, 9.17) is 0 Å². The lowest BCUT2D eigenvalue weighted by Gasteiger charge is -2.31. The second-order valence-corrected chi connectivity index (χ2v) is 8.80. The van der Waals surface area contributed by atoms with Gasteiger partial charge in [0.05, 0.1) is 0 Å². The average molecular weight is 439 g/mol.